The van der Waals surface area contributed by atoms with Gasteiger partial charge in [-0.3, -0.25) is 0 Å². The van der Waals surface area contributed by atoms with E-state index in [2.05, 4.69) is 0 Å². The highest BCUT2D eigenvalue weighted by atomic mass is 35.5. The number of benzene rings is 1. The van der Waals surface area contributed by atoms with Gasteiger partial charge in [-0.25, -0.2) is 0 Å². The molecule has 2 N–H and O–H groups in total. The van der Waals surface area contributed by atoms with E-state index in [4.69, 9.17) is 26.6 Å². The van der Waals surface area contributed by atoms with Gasteiger partial charge in [0.05, 0.1) is 11.2 Å². The molecule has 1 fully saturated rings. The van der Waals surface area contributed by atoms with E-state index in [0.29, 0.717) is 11.6 Å². The monoisotopic (exact) mass is 307 g/mol. The van der Waals surface area contributed by atoms with Gasteiger partial charge in [0.2, 0.25) is 0 Å². The fraction of sp³-hybridized carbons (Fsp3) is 0.500. The molecule has 0 aromatic heterocycles. The summed E-state index contributed by atoms with van der Waals surface area (Å²) >= 11 is 6.07. The van der Waals surface area contributed by atoms with Crippen molar-refractivity contribution in [2.24, 2.45) is 5.73 Å². The minimum absolute atomic E-state index is 0.366. The normalized spacial score (nSPS) is 20.9. The molecule has 2 rings (SSSR count). The molecule has 0 amide bonds. The molecule has 1 aromatic carbocycles. The molecule has 0 unspecified atom stereocenters. The second-order valence-electron chi connectivity index (χ2n) is 6.51. The van der Waals surface area contributed by atoms with Crippen LogP contribution in [0.3, 0.4) is 0 Å². The van der Waals surface area contributed by atoms with Gasteiger partial charge < -0.3 is 15.0 Å². The summed E-state index contributed by atoms with van der Waals surface area (Å²) in [6.07, 6.45) is 2.02. The molecule has 0 saturated carbocycles. The fourth-order valence-corrected chi connectivity index (χ4v) is 2.36. The Morgan fingerprint density at radius 1 is 1.24 bits per heavy atom. The fourth-order valence-electron chi connectivity index (χ4n) is 2.18. The summed E-state index contributed by atoms with van der Waals surface area (Å²) in [4.78, 5) is 0. The summed E-state index contributed by atoms with van der Waals surface area (Å²) in [5.41, 5.74) is 8.27. The third kappa shape index (κ3) is 3.34. The molecule has 1 aliphatic rings. The highest BCUT2D eigenvalue weighted by molar-refractivity contribution is 6.56. The van der Waals surface area contributed by atoms with Crippen molar-refractivity contribution in [1.82, 2.24) is 0 Å². The van der Waals surface area contributed by atoms with Gasteiger partial charge in [0.25, 0.3) is 0 Å². The van der Waals surface area contributed by atoms with Gasteiger partial charge in [-0.15, -0.1) is 0 Å². The molecule has 114 valence electrons. The van der Waals surface area contributed by atoms with Gasteiger partial charge in [-0.2, -0.15) is 0 Å². The first kappa shape index (κ1) is 16.6. The van der Waals surface area contributed by atoms with E-state index in [9.17, 15) is 0 Å². The van der Waals surface area contributed by atoms with E-state index in [-0.39, 0.29) is 11.2 Å². The van der Waals surface area contributed by atoms with Gasteiger partial charge in [0.1, 0.15) is 0 Å². The maximum atomic E-state index is 6.07. The van der Waals surface area contributed by atoms with E-state index in [1.165, 1.54) is 0 Å². The molecule has 1 saturated heterocycles. The predicted molar refractivity (Wildman–Crippen MR) is 89.3 cm³/mol. The molecule has 3 nitrogen and oxygen atoms in total. The van der Waals surface area contributed by atoms with Crippen LogP contribution in [0.1, 0.15) is 38.8 Å². The van der Waals surface area contributed by atoms with Gasteiger partial charge in [-0.1, -0.05) is 23.7 Å². The minimum Gasteiger partial charge on any atom is -0.400 e. The number of halogens is 1. The van der Waals surface area contributed by atoms with Crippen LogP contribution in [-0.4, -0.2) is 24.9 Å². The van der Waals surface area contributed by atoms with Crippen LogP contribution in [0.5, 0.6) is 0 Å². The first-order chi connectivity index (χ1) is 9.66. The Kier molecular flexibility index (Phi) is 4.55. The molecular formula is C16H23BClNO2. The Bertz CT molecular complexity index is 553. The summed E-state index contributed by atoms with van der Waals surface area (Å²) in [6.45, 7) is 10.6. The van der Waals surface area contributed by atoms with Crippen LogP contribution in [0.25, 0.3) is 6.08 Å². The van der Waals surface area contributed by atoms with Crippen molar-refractivity contribution in [3.05, 3.63) is 39.8 Å². The van der Waals surface area contributed by atoms with Crippen molar-refractivity contribution in [3.8, 4) is 0 Å². The lowest BCUT2D eigenvalue weighted by atomic mass is 9.77. The SMILES string of the molecule is Cc1ccc(Cl)cc1C=C(CN)B1OC(C)(C)C(C)(C)O1. The number of rotatable bonds is 3. The number of hydrogen-bond donors (Lipinski definition) is 1. The predicted octanol–water partition coefficient (Wildman–Crippen LogP) is 3.62. The summed E-state index contributed by atoms with van der Waals surface area (Å²) < 4.78 is 12.1. The van der Waals surface area contributed by atoms with Gasteiger partial charge in [-0.05, 0) is 63.4 Å². The molecule has 1 aromatic rings. The van der Waals surface area contributed by atoms with Crippen molar-refractivity contribution in [2.45, 2.75) is 45.8 Å². The van der Waals surface area contributed by atoms with Crippen LogP contribution in [0.2, 0.25) is 5.02 Å². The zero-order chi connectivity index (χ0) is 15.8. The highest BCUT2D eigenvalue weighted by Gasteiger charge is 2.52. The molecule has 1 aliphatic heterocycles. The lowest BCUT2D eigenvalue weighted by Gasteiger charge is -2.32. The second kappa shape index (κ2) is 5.77. The maximum Gasteiger partial charge on any atom is 0.491 e. The van der Waals surface area contributed by atoms with Crippen LogP contribution in [0.15, 0.2) is 23.7 Å². The largest absolute Gasteiger partial charge is 0.491 e. The molecule has 0 radical (unpaired) electrons. The summed E-state index contributed by atoms with van der Waals surface area (Å²) in [7, 11) is -0.418. The van der Waals surface area contributed by atoms with Crippen molar-refractivity contribution in [1.29, 1.82) is 0 Å². The first-order valence-electron chi connectivity index (χ1n) is 7.18. The smallest absolute Gasteiger partial charge is 0.400 e. The Balaban J connectivity index is 2.33. The quantitative estimate of drug-likeness (QED) is 0.867. The van der Waals surface area contributed by atoms with E-state index >= 15 is 0 Å². The lowest BCUT2D eigenvalue weighted by Crippen LogP contribution is -2.41. The topological polar surface area (TPSA) is 44.5 Å². The highest BCUT2D eigenvalue weighted by Crippen LogP contribution is 2.38. The van der Waals surface area contributed by atoms with Crippen molar-refractivity contribution < 1.29 is 9.31 Å². The van der Waals surface area contributed by atoms with Gasteiger partial charge in [0.15, 0.2) is 0 Å². The standard InChI is InChI=1S/C16H23BClNO2/c1-11-6-7-14(18)9-12(11)8-13(10-19)17-20-15(2,3)16(4,5)21-17/h6-9H,10,19H2,1-5H3. The molecule has 0 spiro atoms. The van der Waals surface area contributed by atoms with Crippen LogP contribution in [-0.2, 0) is 9.31 Å². The zero-order valence-corrected chi connectivity index (χ0v) is 14.1. The van der Waals surface area contributed by atoms with Crippen molar-refractivity contribution in [3.63, 3.8) is 0 Å². The molecule has 0 bridgehead atoms. The van der Waals surface area contributed by atoms with E-state index in [0.717, 1.165) is 16.6 Å². The molecule has 21 heavy (non-hydrogen) atoms. The number of aryl methyl sites for hydroxylation is 1. The third-order valence-electron chi connectivity index (χ3n) is 4.37. The molecule has 0 aliphatic carbocycles. The molecule has 0 atom stereocenters. The van der Waals surface area contributed by atoms with E-state index in [1.54, 1.807) is 0 Å². The molecule has 1 heterocycles. The van der Waals surface area contributed by atoms with E-state index in [1.807, 2.05) is 58.9 Å². The average Bonchev–Trinajstić information content (AvgIpc) is 2.59. The van der Waals surface area contributed by atoms with Crippen LogP contribution in [0, 0.1) is 6.92 Å². The summed E-state index contributed by atoms with van der Waals surface area (Å²) in [5.74, 6) is 0. The van der Waals surface area contributed by atoms with Crippen molar-refractivity contribution >= 4 is 24.8 Å². The average molecular weight is 308 g/mol. The number of nitrogens with two attached hydrogens (primary N) is 1. The Hall–Kier alpha value is -0.805. The van der Waals surface area contributed by atoms with Gasteiger partial charge >= 0.3 is 7.12 Å². The molecular weight excluding hydrogens is 284 g/mol. The van der Waals surface area contributed by atoms with E-state index < -0.39 is 7.12 Å². The van der Waals surface area contributed by atoms with Crippen LogP contribution < -0.4 is 5.73 Å². The zero-order valence-electron chi connectivity index (χ0n) is 13.4. The Morgan fingerprint density at radius 3 is 2.33 bits per heavy atom. The first-order valence-corrected chi connectivity index (χ1v) is 7.56. The second-order valence-corrected chi connectivity index (χ2v) is 6.95. The maximum absolute atomic E-state index is 6.07. The van der Waals surface area contributed by atoms with Crippen LogP contribution in [0.4, 0.5) is 0 Å². The lowest BCUT2D eigenvalue weighted by molar-refractivity contribution is 0.00578. The van der Waals surface area contributed by atoms with Crippen LogP contribution >= 0.6 is 11.6 Å². The molecule has 5 heteroatoms. The third-order valence-corrected chi connectivity index (χ3v) is 4.61. The van der Waals surface area contributed by atoms with Gasteiger partial charge in [0, 0.05) is 11.6 Å². The number of hydrogen-bond acceptors (Lipinski definition) is 3. The Labute approximate surface area is 132 Å². The van der Waals surface area contributed by atoms with Crippen molar-refractivity contribution in [2.75, 3.05) is 6.54 Å². The summed E-state index contributed by atoms with van der Waals surface area (Å²) in [5, 5.41) is 0.706. The Morgan fingerprint density at radius 2 is 1.81 bits per heavy atom. The summed E-state index contributed by atoms with van der Waals surface area (Å²) in [6, 6.07) is 5.80. The minimum atomic E-state index is -0.418.